The van der Waals surface area contributed by atoms with E-state index in [1.165, 1.54) is 0 Å². The van der Waals surface area contributed by atoms with E-state index in [9.17, 15) is 4.79 Å². The lowest BCUT2D eigenvalue weighted by molar-refractivity contribution is 0.0587. The summed E-state index contributed by atoms with van der Waals surface area (Å²) in [5.41, 5.74) is 3.92. The van der Waals surface area contributed by atoms with Gasteiger partial charge < -0.3 is 9.64 Å². The summed E-state index contributed by atoms with van der Waals surface area (Å²) in [4.78, 5) is 20.1. The van der Waals surface area contributed by atoms with Crippen LogP contribution in [0, 0.1) is 0 Å². The Bertz CT molecular complexity index is 884. The van der Waals surface area contributed by atoms with Crippen molar-refractivity contribution in [1.82, 2.24) is 4.90 Å². The van der Waals surface area contributed by atoms with Crippen molar-refractivity contribution in [2.45, 2.75) is 0 Å². The highest BCUT2D eigenvalue weighted by atomic mass is 35.5. The molecular formula is C21H19ClN2O2. The van der Waals surface area contributed by atoms with Gasteiger partial charge in [0.2, 0.25) is 0 Å². The smallest absolute Gasteiger partial charge is 0.193 e. The molecule has 1 saturated heterocycles. The summed E-state index contributed by atoms with van der Waals surface area (Å²) in [6.07, 6.45) is 1.95. The topological polar surface area (TPSA) is 41.9 Å². The number of morpholine rings is 1. The number of fused-ring (bicyclic) bond motifs is 1. The van der Waals surface area contributed by atoms with Gasteiger partial charge in [-0.15, -0.1) is 0 Å². The van der Waals surface area contributed by atoms with Gasteiger partial charge in [0.05, 0.1) is 25.5 Å². The minimum atomic E-state index is 0.0119. The van der Waals surface area contributed by atoms with Gasteiger partial charge in [-0.05, 0) is 18.2 Å². The Kier molecular flexibility index (Phi) is 4.87. The molecule has 2 aliphatic heterocycles. The number of carbonyl (C=O) groups excluding carboxylic acids is 1. The van der Waals surface area contributed by atoms with Crippen LogP contribution in [0.4, 0.5) is 0 Å². The molecule has 1 fully saturated rings. The first-order chi connectivity index (χ1) is 12.7. The lowest BCUT2D eigenvalue weighted by Crippen LogP contribution is -2.33. The van der Waals surface area contributed by atoms with E-state index in [2.05, 4.69) is 4.90 Å². The zero-order valence-corrected chi connectivity index (χ0v) is 15.1. The number of halogens is 1. The van der Waals surface area contributed by atoms with Crippen LogP contribution >= 0.6 is 11.6 Å². The summed E-state index contributed by atoms with van der Waals surface area (Å²) in [5.74, 6) is 0.0119. The number of ether oxygens (including phenoxy) is 1. The van der Waals surface area contributed by atoms with Crippen molar-refractivity contribution in [1.29, 1.82) is 0 Å². The lowest BCUT2D eigenvalue weighted by Gasteiger charge is -2.26. The molecule has 132 valence electrons. The summed E-state index contributed by atoms with van der Waals surface area (Å²) < 4.78 is 5.39. The minimum absolute atomic E-state index is 0.0119. The second-order valence-corrected chi connectivity index (χ2v) is 6.79. The SMILES string of the molecule is O=C1/C(=C/N2CCOCC2)CN=C(c2ccccc2)c2cc(Cl)ccc21. The van der Waals surface area contributed by atoms with Gasteiger partial charge in [0, 0.05) is 46.6 Å². The molecule has 2 aliphatic rings. The molecule has 26 heavy (non-hydrogen) atoms. The molecule has 4 rings (SSSR count). The first kappa shape index (κ1) is 17.0. The minimum Gasteiger partial charge on any atom is -0.378 e. The predicted molar refractivity (Wildman–Crippen MR) is 103 cm³/mol. The molecular weight excluding hydrogens is 348 g/mol. The highest BCUT2D eigenvalue weighted by molar-refractivity contribution is 6.32. The van der Waals surface area contributed by atoms with Gasteiger partial charge >= 0.3 is 0 Å². The number of hydrogen-bond acceptors (Lipinski definition) is 4. The fraction of sp³-hybridized carbons (Fsp3) is 0.238. The molecule has 2 aromatic rings. The number of Topliss-reactive ketones (excluding diaryl/α,β-unsaturated/α-hetero) is 1. The maximum atomic E-state index is 13.2. The summed E-state index contributed by atoms with van der Waals surface area (Å²) >= 11 is 6.22. The fourth-order valence-electron chi connectivity index (χ4n) is 3.27. The maximum absolute atomic E-state index is 13.2. The van der Waals surface area contributed by atoms with Gasteiger partial charge in [-0.1, -0.05) is 41.9 Å². The van der Waals surface area contributed by atoms with Crippen molar-refractivity contribution in [2.75, 3.05) is 32.8 Å². The van der Waals surface area contributed by atoms with Crippen LogP contribution in [0.2, 0.25) is 5.02 Å². The maximum Gasteiger partial charge on any atom is 0.193 e. The number of hydrogen-bond donors (Lipinski definition) is 0. The molecule has 0 spiro atoms. The Morgan fingerprint density at radius 1 is 1.04 bits per heavy atom. The fourth-order valence-corrected chi connectivity index (χ4v) is 3.45. The zero-order chi connectivity index (χ0) is 17.9. The first-order valence-corrected chi connectivity index (χ1v) is 9.07. The largest absolute Gasteiger partial charge is 0.378 e. The molecule has 0 amide bonds. The Morgan fingerprint density at radius 3 is 2.58 bits per heavy atom. The van der Waals surface area contributed by atoms with Gasteiger partial charge in [-0.2, -0.15) is 0 Å². The van der Waals surface area contributed by atoms with Crippen LogP contribution in [-0.2, 0) is 4.74 Å². The van der Waals surface area contributed by atoms with Gasteiger partial charge in [0.15, 0.2) is 5.78 Å². The number of ketones is 1. The second kappa shape index (κ2) is 7.44. The van der Waals surface area contributed by atoms with Crippen molar-refractivity contribution in [3.63, 3.8) is 0 Å². The molecule has 0 saturated carbocycles. The van der Waals surface area contributed by atoms with E-state index in [0.717, 1.165) is 29.9 Å². The Labute approximate surface area is 157 Å². The highest BCUT2D eigenvalue weighted by Crippen LogP contribution is 2.26. The summed E-state index contributed by atoms with van der Waals surface area (Å²) in [7, 11) is 0. The highest BCUT2D eigenvalue weighted by Gasteiger charge is 2.24. The molecule has 0 unspecified atom stereocenters. The van der Waals surface area contributed by atoms with Crippen LogP contribution in [0.1, 0.15) is 21.5 Å². The van der Waals surface area contributed by atoms with E-state index >= 15 is 0 Å². The molecule has 0 aromatic heterocycles. The Morgan fingerprint density at radius 2 is 1.81 bits per heavy atom. The van der Waals surface area contributed by atoms with E-state index in [1.807, 2.05) is 42.6 Å². The molecule has 0 radical (unpaired) electrons. The van der Waals surface area contributed by atoms with Crippen molar-refractivity contribution < 1.29 is 9.53 Å². The van der Waals surface area contributed by atoms with E-state index < -0.39 is 0 Å². The Balaban J connectivity index is 1.80. The van der Waals surface area contributed by atoms with Crippen molar-refractivity contribution in [3.8, 4) is 0 Å². The van der Waals surface area contributed by atoms with Gasteiger partial charge in [-0.3, -0.25) is 9.79 Å². The average Bonchev–Trinajstić information content (AvgIpc) is 2.80. The summed E-state index contributed by atoms with van der Waals surface area (Å²) in [6, 6.07) is 15.3. The predicted octanol–water partition coefficient (Wildman–Crippen LogP) is 3.59. The number of carbonyl (C=O) groups is 1. The standard InChI is InChI=1S/C21H19ClN2O2/c22-17-6-7-18-19(12-17)20(15-4-2-1-3-5-15)23-13-16(21(18)25)14-24-8-10-26-11-9-24/h1-7,12,14H,8-11,13H2/b16-14+. The van der Waals surface area contributed by atoms with Crippen LogP contribution in [0.5, 0.6) is 0 Å². The molecule has 0 N–H and O–H groups in total. The van der Waals surface area contributed by atoms with E-state index in [-0.39, 0.29) is 5.78 Å². The van der Waals surface area contributed by atoms with Crippen molar-refractivity contribution in [2.24, 2.45) is 4.99 Å². The third-order valence-corrected chi connectivity index (χ3v) is 4.85. The molecule has 2 heterocycles. The Hall–Kier alpha value is -2.43. The molecule has 4 nitrogen and oxygen atoms in total. The number of nitrogens with zero attached hydrogens (tertiary/aromatic N) is 2. The molecule has 5 heteroatoms. The average molecular weight is 367 g/mol. The van der Waals surface area contributed by atoms with Gasteiger partial charge in [0.25, 0.3) is 0 Å². The molecule has 0 bridgehead atoms. The van der Waals surface area contributed by atoms with Crippen LogP contribution in [0.3, 0.4) is 0 Å². The van der Waals surface area contributed by atoms with Crippen LogP contribution < -0.4 is 0 Å². The van der Waals surface area contributed by atoms with Gasteiger partial charge in [0.1, 0.15) is 0 Å². The van der Waals surface area contributed by atoms with E-state index in [4.69, 9.17) is 21.3 Å². The van der Waals surface area contributed by atoms with Crippen molar-refractivity contribution >= 4 is 23.1 Å². The normalized spacial score (nSPS) is 19.1. The zero-order valence-electron chi connectivity index (χ0n) is 14.3. The van der Waals surface area contributed by atoms with E-state index in [0.29, 0.717) is 35.9 Å². The number of benzene rings is 2. The third-order valence-electron chi connectivity index (χ3n) is 4.61. The van der Waals surface area contributed by atoms with Gasteiger partial charge in [-0.25, -0.2) is 0 Å². The third kappa shape index (κ3) is 3.43. The molecule has 0 aliphatic carbocycles. The second-order valence-electron chi connectivity index (χ2n) is 6.35. The molecule has 2 aromatic carbocycles. The van der Waals surface area contributed by atoms with Crippen LogP contribution in [-0.4, -0.2) is 49.2 Å². The molecule has 0 atom stereocenters. The van der Waals surface area contributed by atoms with Crippen LogP contribution in [0.15, 0.2) is 65.3 Å². The van der Waals surface area contributed by atoms with Crippen molar-refractivity contribution in [3.05, 3.63) is 82.0 Å². The van der Waals surface area contributed by atoms with Crippen LogP contribution in [0.25, 0.3) is 0 Å². The number of aliphatic imine (C=N–C) groups is 1. The first-order valence-electron chi connectivity index (χ1n) is 8.69. The number of rotatable bonds is 2. The quantitative estimate of drug-likeness (QED) is 0.763. The summed E-state index contributed by atoms with van der Waals surface area (Å²) in [5, 5.41) is 0.598. The lowest BCUT2D eigenvalue weighted by atomic mass is 9.94. The summed E-state index contributed by atoms with van der Waals surface area (Å²) in [6.45, 7) is 3.30. The monoisotopic (exact) mass is 366 g/mol. The van der Waals surface area contributed by atoms with E-state index in [1.54, 1.807) is 12.1 Å².